The fourth-order valence-corrected chi connectivity index (χ4v) is 4.11. The molecule has 0 unspecified atom stereocenters. The first kappa shape index (κ1) is 16.2. The second-order valence-electron chi connectivity index (χ2n) is 6.26. The first-order chi connectivity index (χ1) is 12.0. The Balaban J connectivity index is 1.92. The molecular formula is C17H17IN6O. The van der Waals surface area contributed by atoms with Crippen molar-refractivity contribution >= 4 is 51.1 Å². The van der Waals surface area contributed by atoms with Gasteiger partial charge in [0.2, 0.25) is 0 Å². The van der Waals surface area contributed by atoms with Crippen LogP contribution in [0.5, 0.6) is 0 Å². The molecule has 25 heavy (non-hydrogen) atoms. The number of nitrogens with zero attached hydrogens (tertiary/aromatic N) is 5. The van der Waals surface area contributed by atoms with Crippen LogP contribution in [0.15, 0.2) is 17.2 Å². The van der Waals surface area contributed by atoms with E-state index >= 15 is 0 Å². The predicted molar refractivity (Wildman–Crippen MR) is 105 cm³/mol. The minimum atomic E-state index is 0.0428. The lowest BCUT2D eigenvalue weighted by Crippen LogP contribution is -2.47. The van der Waals surface area contributed by atoms with Gasteiger partial charge in [0, 0.05) is 18.0 Å². The van der Waals surface area contributed by atoms with Crippen molar-refractivity contribution in [2.24, 2.45) is 7.05 Å². The van der Waals surface area contributed by atoms with Crippen LogP contribution < -0.4 is 21.7 Å². The van der Waals surface area contributed by atoms with Gasteiger partial charge in [-0.2, -0.15) is 5.10 Å². The van der Waals surface area contributed by atoms with Gasteiger partial charge in [-0.05, 0) is 53.6 Å². The summed E-state index contributed by atoms with van der Waals surface area (Å²) in [4.78, 5) is 21.2. The van der Waals surface area contributed by atoms with Gasteiger partial charge >= 0.3 is 0 Å². The molecule has 1 aliphatic carbocycles. The molecule has 0 aliphatic heterocycles. The minimum absolute atomic E-state index is 0.0428. The molecule has 7 nitrogen and oxygen atoms in total. The lowest BCUT2D eigenvalue weighted by molar-refractivity contribution is 0.639. The van der Waals surface area contributed by atoms with Crippen LogP contribution in [0.3, 0.4) is 0 Å². The van der Waals surface area contributed by atoms with E-state index in [-0.39, 0.29) is 5.56 Å². The molecule has 0 saturated carbocycles. The summed E-state index contributed by atoms with van der Waals surface area (Å²) in [6, 6.07) is 2.07. The van der Waals surface area contributed by atoms with Crippen molar-refractivity contribution in [1.82, 2.24) is 24.3 Å². The maximum Gasteiger partial charge on any atom is 0.258 e. The van der Waals surface area contributed by atoms with Crippen LogP contribution in [0.2, 0.25) is 0 Å². The van der Waals surface area contributed by atoms with Crippen molar-refractivity contribution in [2.45, 2.75) is 26.3 Å². The van der Waals surface area contributed by atoms with Crippen molar-refractivity contribution in [3.63, 3.8) is 0 Å². The lowest BCUT2D eigenvalue weighted by Gasteiger charge is -2.13. The van der Waals surface area contributed by atoms with Gasteiger partial charge in [-0.1, -0.05) is 11.6 Å². The number of hydrogen-bond acceptors (Lipinski definition) is 5. The number of fused-ring (bicyclic) bond motifs is 2. The summed E-state index contributed by atoms with van der Waals surface area (Å²) >= 11 is 2.13. The van der Waals surface area contributed by atoms with Gasteiger partial charge in [-0.3, -0.25) is 4.79 Å². The van der Waals surface area contributed by atoms with Crippen LogP contribution in [-0.4, -0.2) is 24.3 Å². The molecular weight excluding hydrogens is 431 g/mol. The van der Waals surface area contributed by atoms with Gasteiger partial charge < -0.3 is 10.3 Å². The van der Waals surface area contributed by atoms with Crippen LogP contribution >= 0.6 is 22.6 Å². The molecule has 0 atom stereocenters. The van der Waals surface area contributed by atoms with Gasteiger partial charge in [-0.15, -0.1) is 0 Å². The quantitative estimate of drug-likeness (QED) is 0.577. The summed E-state index contributed by atoms with van der Waals surface area (Å²) < 4.78 is 4.23. The highest BCUT2D eigenvalue weighted by Gasteiger charge is 2.15. The topological polar surface area (TPSA) is 91.6 Å². The predicted octanol–water partition coefficient (Wildman–Crippen LogP) is 0.505. The van der Waals surface area contributed by atoms with Gasteiger partial charge in [-0.25, -0.2) is 14.6 Å². The maximum absolute atomic E-state index is 12.8. The van der Waals surface area contributed by atoms with E-state index in [1.54, 1.807) is 16.3 Å². The highest BCUT2D eigenvalue weighted by atomic mass is 127. The second kappa shape index (κ2) is 5.94. The third kappa shape index (κ3) is 2.55. The summed E-state index contributed by atoms with van der Waals surface area (Å²) in [6.45, 7) is 2.48. The first-order valence-electron chi connectivity index (χ1n) is 7.98. The number of nitrogen functional groups attached to an aromatic ring is 1. The van der Waals surface area contributed by atoms with E-state index in [1.165, 1.54) is 6.33 Å². The van der Waals surface area contributed by atoms with Crippen molar-refractivity contribution in [1.29, 1.82) is 0 Å². The molecule has 3 heterocycles. The molecule has 8 heteroatoms. The molecule has 0 spiro atoms. The Labute approximate surface area is 157 Å². The average molecular weight is 448 g/mol. The maximum atomic E-state index is 12.8. The molecule has 0 amide bonds. The zero-order chi connectivity index (χ0) is 17.7. The monoisotopic (exact) mass is 448 g/mol. The zero-order valence-corrected chi connectivity index (χ0v) is 16.1. The third-order valence-corrected chi connectivity index (χ3v) is 5.45. The van der Waals surface area contributed by atoms with E-state index in [4.69, 9.17) is 5.73 Å². The van der Waals surface area contributed by atoms with Crippen molar-refractivity contribution in [3.05, 3.63) is 42.6 Å². The molecule has 0 aromatic carbocycles. The standard InChI is InChI=1S/C17H17IN6O/c1-9-4-3-5-10-6-11(23(2)17(25)12(9)10)7-24-16-13(14(18)22-24)15(19)20-8-21-16/h5-6,8H,3-4,7H2,1-2H3,(H2,19,20,21). The number of aromatic nitrogens is 5. The molecule has 4 rings (SSSR count). The number of halogens is 1. The molecule has 1 aliphatic rings. The molecule has 0 fully saturated rings. The van der Waals surface area contributed by atoms with Gasteiger partial charge in [0.15, 0.2) is 5.65 Å². The van der Waals surface area contributed by atoms with E-state index in [0.29, 0.717) is 18.0 Å². The van der Waals surface area contributed by atoms with Crippen LogP contribution in [0.4, 0.5) is 5.82 Å². The number of anilines is 1. The number of rotatable bonds is 2. The Hall–Kier alpha value is -2.23. The fraction of sp³-hybridized carbons (Fsp3) is 0.294. The normalized spacial score (nSPS) is 13.8. The Bertz CT molecular complexity index is 1190. The summed E-state index contributed by atoms with van der Waals surface area (Å²) in [6.07, 6.45) is 5.49. The molecule has 3 aromatic rings. The number of pyridine rings is 1. The van der Waals surface area contributed by atoms with E-state index in [2.05, 4.69) is 49.8 Å². The van der Waals surface area contributed by atoms with Gasteiger partial charge in [0.25, 0.3) is 5.56 Å². The smallest absolute Gasteiger partial charge is 0.258 e. The molecule has 0 saturated heterocycles. The van der Waals surface area contributed by atoms with E-state index in [0.717, 1.165) is 43.6 Å². The Morgan fingerprint density at radius 2 is 2.16 bits per heavy atom. The fourth-order valence-electron chi connectivity index (χ4n) is 3.33. The van der Waals surface area contributed by atoms with E-state index in [1.807, 2.05) is 6.92 Å². The number of hydrogen-bond donors (Lipinski definition) is 1. The van der Waals surface area contributed by atoms with Gasteiger partial charge in [0.1, 0.15) is 15.8 Å². The van der Waals surface area contributed by atoms with Crippen molar-refractivity contribution in [3.8, 4) is 0 Å². The van der Waals surface area contributed by atoms with Crippen LogP contribution in [0.1, 0.15) is 25.5 Å². The Morgan fingerprint density at radius 3 is 2.96 bits per heavy atom. The molecule has 0 bridgehead atoms. The SMILES string of the molecule is CC1=c2c(cc(Cn3nc(I)c4c(N)ncnc43)n(C)c2=O)=CCC1. The largest absolute Gasteiger partial charge is 0.383 e. The summed E-state index contributed by atoms with van der Waals surface area (Å²) in [5.41, 5.74) is 8.71. The van der Waals surface area contributed by atoms with Crippen LogP contribution in [0.25, 0.3) is 22.7 Å². The van der Waals surface area contributed by atoms with Gasteiger partial charge in [0.05, 0.1) is 11.9 Å². The average Bonchev–Trinajstić information content (AvgIpc) is 2.89. The lowest BCUT2D eigenvalue weighted by atomic mass is 10.0. The van der Waals surface area contributed by atoms with E-state index < -0.39 is 0 Å². The zero-order valence-electron chi connectivity index (χ0n) is 14.0. The third-order valence-electron chi connectivity index (χ3n) is 4.70. The molecule has 0 radical (unpaired) electrons. The highest BCUT2D eigenvalue weighted by Crippen LogP contribution is 2.22. The van der Waals surface area contributed by atoms with Crippen LogP contribution in [-0.2, 0) is 13.6 Å². The van der Waals surface area contributed by atoms with Crippen LogP contribution in [0, 0.1) is 3.70 Å². The van der Waals surface area contributed by atoms with Crippen molar-refractivity contribution < 1.29 is 0 Å². The second-order valence-corrected chi connectivity index (χ2v) is 7.28. The summed E-state index contributed by atoms with van der Waals surface area (Å²) in [7, 11) is 1.81. The highest BCUT2D eigenvalue weighted by molar-refractivity contribution is 14.1. The Morgan fingerprint density at radius 1 is 1.36 bits per heavy atom. The Kier molecular flexibility index (Phi) is 3.86. The number of nitrogens with two attached hydrogens (primary N) is 1. The molecule has 3 aromatic heterocycles. The molecule has 128 valence electrons. The molecule has 2 N–H and O–H groups in total. The summed E-state index contributed by atoms with van der Waals surface area (Å²) in [5, 5.41) is 7.14. The minimum Gasteiger partial charge on any atom is -0.383 e. The van der Waals surface area contributed by atoms with Crippen molar-refractivity contribution in [2.75, 3.05) is 5.73 Å². The van der Waals surface area contributed by atoms with E-state index in [9.17, 15) is 4.79 Å². The first-order valence-corrected chi connectivity index (χ1v) is 9.06. The summed E-state index contributed by atoms with van der Waals surface area (Å²) in [5.74, 6) is 0.415.